The lowest BCUT2D eigenvalue weighted by atomic mass is 9.77. The molecule has 0 atom stereocenters. The van der Waals surface area contributed by atoms with Crippen molar-refractivity contribution in [2.24, 2.45) is 11.3 Å². The summed E-state index contributed by atoms with van der Waals surface area (Å²) in [5.41, 5.74) is 1.45. The molecule has 2 aliphatic rings. The Morgan fingerprint density at radius 2 is 1.90 bits per heavy atom. The third-order valence-electron chi connectivity index (χ3n) is 4.22. The maximum absolute atomic E-state index is 12.5. The van der Waals surface area contributed by atoms with Gasteiger partial charge in [0.15, 0.2) is 0 Å². The van der Waals surface area contributed by atoms with Gasteiger partial charge in [0.05, 0.1) is 0 Å². The van der Waals surface area contributed by atoms with E-state index in [2.05, 4.69) is 17.7 Å². The van der Waals surface area contributed by atoms with Gasteiger partial charge in [0.25, 0.3) is 5.91 Å². The monoisotopic (exact) mass is 295 g/mol. The van der Waals surface area contributed by atoms with Crippen molar-refractivity contribution in [2.75, 3.05) is 0 Å². The minimum absolute atomic E-state index is 0.193. The molecule has 0 aromatic heterocycles. The highest BCUT2D eigenvalue weighted by atomic mass is 16.2. The van der Waals surface area contributed by atoms with Crippen LogP contribution in [0.2, 0.25) is 0 Å². The fourth-order valence-electron chi connectivity index (χ4n) is 2.96. The number of amides is 4. The second kappa shape index (κ2) is 5.31. The van der Waals surface area contributed by atoms with E-state index in [1.807, 2.05) is 20.8 Å². The molecule has 21 heavy (non-hydrogen) atoms. The zero-order valence-corrected chi connectivity index (χ0v) is 13.3. The fraction of sp³-hybridized carbons (Fsp3) is 0.800. The van der Waals surface area contributed by atoms with Crippen LogP contribution in [0.4, 0.5) is 4.79 Å². The molecular weight excluding hydrogens is 270 g/mol. The average molecular weight is 295 g/mol. The summed E-state index contributed by atoms with van der Waals surface area (Å²) in [4.78, 5) is 36.5. The van der Waals surface area contributed by atoms with Gasteiger partial charge >= 0.3 is 6.03 Å². The summed E-state index contributed by atoms with van der Waals surface area (Å²) >= 11 is 0. The Hall–Kier alpha value is -1.59. The largest absolute Gasteiger partial charge is 0.344 e. The molecular formula is C15H25N3O3. The van der Waals surface area contributed by atoms with Crippen molar-refractivity contribution >= 4 is 17.8 Å². The molecule has 1 spiro atoms. The number of nitrogens with zero attached hydrogens (tertiary/aromatic N) is 1. The smallest absolute Gasteiger partial charge is 0.322 e. The highest BCUT2D eigenvalue weighted by Gasteiger charge is 2.52. The molecule has 2 N–H and O–H groups in total. The van der Waals surface area contributed by atoms with Crippen LogP contribution in [0, 0.1) is 11.3 Å². The van der Waals surface area contributed by atoms with Gasteiger partial charge in [-0.05, 0) is 37.0 Å². The van der Waals surface area contributed by atoms with Gasteiger partial charge in [0.1, 0.15) is 5.54 Å². The average Bonchev–Trinajstić information content (AvgIpc) is 2.56. The highest BCUT2D eigenvalue weighted by molar-refractivity contribution is 6.08. The molecule has 6 heteroatoms. The highest BCUT2D eigenvalue weighted by Crippen LogP contribution is 2.35. The molecule has 0 unspecified atom stereocenters. The van der Waals surface area contributed by atoms with Crippen molar-refractivity contribution in [2.45, 2.75) is 65.3 Å². The van der Waals surface area contributed by atoms with Crippen LogP contribution in [-0.4, -0.2) is 28.4 Å². The van der Waals surface area contributed by atoms with Crippen molar-refractivity contribution in [1.82, 2.24) is 15.8 Å². The zero-order valence-electron chi connectivity index (χ0n) is 13.3. The molecule has 0 bridgehead atoms. The fourth-order valence-corrected chi connectivity index (χ4v) is 2.96. The number of urea groups is 1. The molecule has 2 fully saturated rings. The molecule has 1 saturated heterocycles. The molecule has 1 saturated carbocycles. The van der Waals surface area contributed by atoms with E-state index in [1.54, 1.807) is 0 Å². The van der Waals surface area contributed by atoms with Crippen LogP contribution in [0.15, 0.2) is 0 Å². The molecule has 0 aromatic rings. The summed E-state index contributed by atoms with van der Waals surface area (Å²) in [5, 5.41) is 3.65. The zero-order chi connectivity index (χ0) is 15.8. The van der Waals surface area contributed by atoms with E-state index in [1.165, 1.54) is 0 Å². The van der Waals surface area contributed by atoms with E-state index in [-0.39, 0.29) is 23.7 Å². The first-order valence-corrected chi connectivity index (χ1v) is 7.59. The lowest BCUT2D eigenvalue weighted by molar-refractivity contribution is -0.140. The summed E-state index contributed by atoms with van der Waals surface area (Å²) in [6.07, 6.45) is 3.37. The van der Waals surface area contributed by atoms with Crippen molar-refractivity contribution < 1.29 is 14.4 Å². The van der Waals surface area contributed by atoms with E-state index >= 15 is 0 Å². The first-order valence-electron chi connectivity index (χ1n) is 7.59. The van der Waals surface area contributed by atoms with Gasteiger partial charge in [0, 0.05) is 6.42 Å². The van der Waals surface area contributed by atoms with Gasteiger partial charge in [-0.15, -0.1) is 0 Å². The summed E-state index contributed by atoms with van der Waals surface area (Å²) in [6, 6.07) is -0.517. The minimum Gasteiger partial charge on any atom is -0.322 e. The Morgan fingerprint density at radius 3 is 2.43 bits per heavy atom. The van der Waals surface area contributed by atoms with Crippen LogP contribution in [0.5, 0.6) is 0 Å². The number of hydrogen-bond acceptors (Lipinski definition) is 3. The topological polar surface area (TPSA) is 78.5 Å². The van der Waals surface area contributed by atoms with Gasteiger partial charge in [0.2, 0.25) is 5.91 Å². The van der Waals surface area contributed by atoms with Gasteiger partial charge < -0.3 is 5.32 Å². The van der Waals surface area contributed by atoms with E-state index in [9.17, 15) is 14.4 Å². The molecule has 0 radical (unpaired) electrons. The van der Waals surface area contributed by atoms with Crippen molar-refractivity contribution in [3.05, 3.63) is 0 Å². The first kappa shape index (κ1) is 15.8. The van der Waals surface area contributed by atoms with Crippen LogP contribution in [0.1, 0.15) is 59.8 Å². The van der Waals surface area contributed by atoms with Crippen LogP contribution in [0.25, 0.3) is 0 Å². The third-order valence-corrected chi connectivity index (χ3v) is 4.22. The molecule has 1 heterocycles. The van der Waals surface area contributed by atoms with Gasteiger partial charge in [-0.25, -0.2) is 4.79 Å². The van der Waals surface area contributed by atoms with Gasteiger partial charge in [-0.3, -0.25) is 15.0 Å². The lowest BCUT2D eigenvalue weighted by Crippen LogP contribution is -2.51. The number of carbonyl (C=O) groups is 3. The van der Waals surface area contributed by atoms with Crippen LogP contribution in [-0.2, 0) is 9.59 Å². The molecule has 2 rings (SSSR count). The van der Waals surface area contributed by atoms with Crippen LogP contribution >= 0.6 is 0 Å². The second-order valence-corrected chi connectivity index (χ2v) is 7.61. The van der Waals surface area contributed by atoms with Crippen molar-refractivity contribution in [3.8, 4) is 0 Å². The normalized spacial score (nSPS) is 29.7. The van der Waals surface area contributed by atoms with Crippen molar-refractivity contribution in [3.63, 3.8) is 0 Å². The second-order valence-electron chi connectivity index (χ2n) is 7.61. The number of hydrazine groups is 1. The first-order chi connectivity index (χ1) is 9.63. The van der Waals surface area contributed by atoms with Crippen molar-refractivity contribution in [1.29, 1.82) is 0 Å². The molecule has 0 aromatic carbocycles. The molecule has 1 aliphatic heterocycles. The Labute approximate surface area is 125 Å². The quantitative estimate of drug-likeness (QED) is 0.764. The van der Waals surface area contributed by atoms with E-state index in [4.69, 9.17) is 0 Å². The molecule has 118 valence electrons. The number of imide groups is 1. The summed E-state index contributed by atoms with van der Waals surface area (Å²) in [5.74, 6) is -0.0567. The predicted octanol–water partition coefficient (Wildman–Crippen LogP) is 1.95. The van der Waals surface area contributed by atoms with Gasteiger partial charge in [-0.1, -0.05) is 27.7 Å². The SMILES string of the molecule is CC1CCC2(CC1)NC(=O)N(NC(=O)CC(C)(C)C)C2=O. The Kier molecular flexibility index (Phi) is 4.00. The standard InChI is InChI=1S/C15H25N3O3/c1-10-5-7-15(8-6-10)12(20)18(13(21)16-15)17-11(19)9-14(2,3)4/h10H,5-9H2,1-4H3,(H,16,21)(H,17,19). The van der Waals surface area contributed by atoms with Gasteiger partial charge in [-0.2, -0.15) is 5.01 Å². The number of carbonyl (C=O) groups excluding carboxylic acids is 3. The minimum atomic E-state index is -0.807. The van der Waals surface area contributed by atoms with E-state index in [0.29, 0.717) is 18.8 Å². The summed E-state index contributed by atoms with van der Waals surface area (Å²) in [7, 11) is 0. The number of hydrogen-bond donors (Lipinski definition) is 2. The molecule has 4 amide bonds. The third kappa shape index (κ3) is 3.36. The lowest BCUT2D eigenvalue weighted by Gasteiger charge is -2.33. The van der Waals surface area contributed by atoms with Crippen LogP contribution in [0.3, 0.4) is 0 Å². The van der Waals surface area contributed by atoms with E-state index < -0.39 is 11.6 Å². The summed E-state index contributed by atoms with van der Waals surface area (Å²) < 4.78 is 0. The number of rotatable bonds is 2. The molecule has 1 aliphatic carbocycles. The maximum Gasteiger partial charge on any atom is 0.344 e. The number of nitrogens with one attached hydrogen (secondary N) is 2. The summed E-state index contributed by atoms with van der Waals surface area (Å²) in [6.45, 7) is 7.95. The predicted molar refractivity (Wildman–Crippen MR) is 78.0 cm³/mol. The maximum atomic E-state index is 12.5. The Balaban J connectivity index is 2.04. The Morgan fingerprint density at radius 1 is 1.33 bits per heavy atom. The Bertz CT molecular complexity index is 459. The van der Waals surface area contributed by atoms with Crippen LogP contribution < -0.4 is 10.7 Å². The van der Waals surface area contributed by atoms with E-state index in [0.717, 1.165) is 17.9 Å². The molecule has 6 nitrogen and oxygen atoms in total.